The molecule has 0 radical (unpaired) electrons. The van der Waals surface area contributed by atoms with Crippen molar-refractivity contribution in [2.45, 2.75) is 36.6 Å². The van der Waals surface area contributed by atoms with Gasteiger partial charge in [-0.05, 0) is 66.4 Å². The Balaban J connectivity index is 1.28. The molecule has 3 heterocycles. The van der Waals surface area contributed by atoms with Gasteiger partial charge in [0, 0.05) is 23.7 Å². The third kappa shape index (κ3) is 6.13. The number of pyridine rings is 1. The van der Waals surface area contributed by atoms with E-state index in [9.17, 15) is 14.7 Å². The number of carbonyl (C=O) groups excluding carboxylic acids is 2. The summed E-state index contributed by atoms with van der Waals surface area (Å²) < 4.78 is 6.60. The molecule has 2 aromatic heterocycles. The number of amides is 1. The van der Waals surface area contributed by atoms with Crippen molar-refractivity contribution in [2.24, 2.45) is 0 Å². The van der Waals surface area contributed by atoms with Gasteiger partial charge in [-0.15, -0.1) is 10.2 Å². The molecule has 44 heavy (non-hydrogen) atoms. The zero-order chi connectivity index (χ0) is 30.6. The molecule has 6 rings (SSSR count). The Labute approximate surface area is 263 Å². The summed E-state index contributed by atoms with van der Waals surface area (Å²) in [5.74, 6) is -0.586. The molecular formula is C34H28N4O4S2. The van der Waals surface area contributed by atoms with Crippen LogP contribution in [0.1, 0.15) is 39.4 Å². The monoisotopic (exact) mass is 620 g/mol. The molecule has 0 aliphatic carbocycles. The Morgan fingerprint density at radius 1 is 0.955 bits per heavy atom. The number of nitrogens with zero attached hydrogens (tertiary/aromatic N) is 4. The summed E-state index contributed by atoms with van der Waals surface area (Å²) in [5, 5.41) is 20.3. The van der Waals surface area contributed by atoms with Crippen LogP contribution in [0.4, 0.5) is 5.13 Å². The molecule has 1 N–H and O–H groups in total. The Hall–Kier alpha value is -4.80. The number of anilines is 1. The number of aliphatic hydroxyl groups is 1. The first-order valence-electron chi connectivity index (χ1n) is 13.9. The fourth-order valence-electron chi connectivity index (χ4n) is 4.87. The quantitative estimate of drug-likeness (QED) is 0.0615. The summed E-state index contributed by atoms with van der Waals surface area (Å²) in [5.41, 5.74) is 5.44. The molecular weight excluding hydrogens is 593 g/mol. The molecule has 220 valence electrons. The second-order valence-corrected chi connectivity index (χ2v) is 12.5. The number of aryl methyl sites for hydroxylation is 2. The fraction of sp³-hybridized carbons (Fsp3) is 0.147. The Morgan fingerprint density at radius 3 is 2.45 bits per heavy atom. The standard InChI is InChI=1S/C34H28N4O4S2/c1-21-9-11-23(12-10-21)20-43-34-37-36-33(44-34)38-29(25-8-5-17-35-18-25)28(31(40)32(38)41)30(39)24-13-15-27(16-14-24)42-19-26-7-4-3-6-22(26)2/h3-18,29,39H,19-20H2,1-2H3/b30-28+. The number of aliphatic hydroxyl groups excluding tert-OH is 1. The number of hydrogen-bond donors (Lipinski definition) is 1. The van der Waals surface area contributed by atoms with Gasteiger partial charge < -0.3 is 9.84 Å². The highest BCUT2D eigenvalue weighted by Crippen LogP contribution is 2.44. The van der Waals surface area contributed by atoms with E-state index in [1.807, 2.05) is 38.1 Å². The predicted molar refractivity (Wildman–Crippen MR) is 172 cm³/mol. The number of hydrogen-bond acceptors (Lipinski definition) is 9. The lowest BCUT2D eigenvalue weighted by Crippen LogP contribution is -2.29. The molecule has 1 aliphatic heterocycles. The van der Waals surface area contributed by atoms with Gasteiger partial charge in [-0.1, -0.05) is 83.3 Å². The van der Waals surface area contributed by atoms with E-state index in [2.05, 4.69) is 39.4 Å². The third-order valence-corrected chi connectivity index (χ3v) is 9.44. The maximum Gasteiger partial charge on any atom is 0.301 e. The van der Waals surface area contributed by atoms with E-state index in [0.717, 1.165) is 16.7 Å². The molecule has 1 fully saturated rings. The summed E-state index contributed by atoms with van der Waals surface area (Å²) in [7, 11) is 0. The minimum absolute atomic E-state index is 0.0411. The first-order chi connectivity index (χ1) is 21.4. The van der Waals surface area contributed by atoms with E-state index in [1.54, 1.807) is 48.8 Å². The Bertz CT molecular complexity index is 1840. The summed E-state index contributed by atoms with van der Waals surface area (Å²) in [6, 6.07) is 25.6. The minimum atomic E-state index is -0.927. The molecule has 0 spiro atoms. The maximum atomic E-state index is 13.5. The van der Waals surface area contributed by atoms with Crippen LogP contribution in [0.2, 0.25) is 0 Å². The largest absolute Gasteiger partial charge is 0.507 e. The first kappa shape index (κ1) is 29.3. The van der Waals surface area contributed by atoms with E-state index in [4.69, 9.17) is 4.74 Å². The Kier molecular flexibility index (Phi) is 8.53. The molecule has 1 unspecified atom stereocenters. The van der Waals surface area contributed by atoms with Crippen molar-refractivity contribution in [3.05, 3.63) is 136 Å². The van der Waals surface area contributed by atoms with Crippen molar-refractivity contribution in [2.75, 3.05) is 4.90 Å². The van der Waals surface area contributed by atoms with E-state index in [1.165, 1.54) is 33.6 Å². The lowest BCUT2D eigenvalue weighted by atomic mass is 9.96. The minimum Gasteiger partial charge on any atom is -0.507 e. The number of benzene rings is 3. The molecule has 1 atom stereocenters. The molecule has 3 aromatic carbocycles. The second kappa shape index (κ2) is 12.8. The van der Waals surface area contributed by atoms with E-state index >= 15 is 0 Å². The highest BCUT2D eigenvalue weighted by Gasteiger charge is 2.48. The van der Waals surface area contributed by atoms with Crippen molar-refractivity contribution in [1.29, 1.82) is 0 Å². The van der Waals surface area contributed by atoms with Crippen LogP contribution < -0.4 is 9.64 Å². The number of ketones is 1. The topological polar surface area (TPSA) is 106 Å². The average molecular weight is 621 g/mol. The smallest absolute Gasteiger partial charge is 0.301 e. The second-order valence-electron chi connectivity index (χ2n) is 10.3. The zero-order valence-electron chi connectivity index (χ0n) is 24.0. The third-order valence-electron chi connectivity index (χ3n) is 7.31. The van der Waals surface area contributed by atoms with Gasteiger partial charge in [-0.25, -0.2) is 0 Å². The van der Waals surface area contributed by atoms with Crippen LogP contribution in [-0.4, -0.2) is 32.0 Å². The highest BCUT2D eigenvalue weighted by molar-refractivity contribution is 8.00. The van der Waals surface area contributed by atoms with Crippen molar-refractivity contribution < 1.29 is 19.4 Å². The van der Waals surface area contributed by atoms with Gasteiger partial charge >= 0.3 is 5.91 Å². The summed E-state index contributed by atoms with van der Waals surface area (Å²) >= 11 is 2.73. The maximum absolute atomic E-state index is 13.5. The molecule has 0 saturated carbocycles. The summed E-state index contributed by atoms with van der Waals surface area (Å²) in [6.07, 6.45) is 3.18. The summed E-state index contributed by atoms with van der Waals surface area (Å²) in [4.78, 5) is 32.5. The number of aromatic nitrogens is 3. The number of ether oxygens (including phenoxy) is 1. The fourth-order valence-corrected chi connectivity index (χ4v) is 6.69. The van der Waals surface area contributed by atoms with Crippen molar-refractivity contribution >= 4 is 45.7 Å². The van der Waals surface area contributed by atoms with Gasteiger partial charge in [0.05, 0.1) is 11.6 Å². The van der Waals surface area contributed by atoms with Gasteiger partial charge in [0.2, 0.25) is 5.13 Å². The van der Waals surface area contributed by atoms with Crippen LogP contribution in [0.5, 0.6) is 5.75 Å². The van der Waals surface area contributed by atoms with Gasteiger partial charge in [-0.3, -0.25) is 19.5 Å². The highest BCUT2D eigenvalue weighted by atomic mass is 32.2. The van der Waals surface area contributed by atoms with Gasteiger partial charge in [0.1, 0.15) is 18.1 Å². The Morgan fingerprint density at radius 2 is 1.73 bits per heavy atom. The number of carbonyl (C=O) groups is 2. The molecule has 1 amide bonds. The van der Waals surface area contributed by atoms with Gasteiger partial charge in [-0.2, -0.15) is 0 Å². The van der Waals surface area contributed by atoms with Crippen LogP contribution >= 0.6 is 23.1 Å². The lowest BCUT2D eigenvalue weighted by molar-refractivity contribution is -0.132. The molecule has 8 nitrogen and oxygen atoms in total. The van der Waals surface area contributed by atoms with Crippen LogP contribution in [0.3, 0.4) is 0 Å². The molecule has 5 aromatic rings. The summed E-state index contributed by atoms with van der Waals surface area (Å²) in [6.45, 7) is 4.47. The predicted octanol–water partition coefficient (Wildman–Crippen LogP) is 7.05. The SMILES string of the molecule is Cc1ccc(CSc2nnc(N3C(=O)C(=O)/C(=C(/O)c4ccc(OCc5ccccc5C)cc4)C3c3cccnc3)s2)cc1. The first-order valence-corrected chi connectivity index (χ1v) is 15.7. The number of thioether (sulfide) groups is 1. The zero-order valence-corrected chi connectivity index (χ0v) is 25.6. The normalized spacial score (nSPS) is 16.0. The van der Waals surface area contributed by atoms with Crippen LogP contribution in [-0.2, 0) is 21.9 Å². The van der Waals surface area contributed by atoms with E-state index in [0.29, 0.717) is 33.6 Å². The van der Waals surface area contributed by atoms with Crippen LogP contribution in [0.25, 0.3) is 5.76 Å². The van der Waals surface area contributed by atoms with Crippen molar-refractivity contribution in [3.8, 4) is 5.75 Å². The lowest BCUT2D eigenvalue weighted by Gasteiger charge is -2.22. The van der Waals surface area contributed by atoms with Crippen molar-refractivity contribution in [1.82, 2.24) is 15.2 Å². The van der Waals surface area contributed by atoms with Crippen LogP contribution in [0, 0.1) is 13.8 Å². The molecule has 10 heteroatoms. The van der Waals surface area contributed by atoms with Gasteiger partial charge in [0.25, 0.3) is 5.78 Å². The molecule has 0 bridgehead atoms. The van der Waals surface area contributed by atoms with Crippen molar-refractivity contribution in [3.63, 3.8) is 0 Å². The molecule has 1 aliphatic rings. The number of rotatable bonds is 9. The van der Waals surface area contributed by atoms with Crippen LogP contribution in [0.15, 0.2) is 107 Å². The van der Waals surface area contributed by atoms with E-state index in [-0.39, 0.29) is 16.5 Å². The molecule has 1 saturated heterocycles. The average Bonchev–Trinajstić information content (AvgIpc) is 3.62. The number of Topliss-reactive ketones (excluding diaryl/α,β-unsaturated/α-hetero) is 1. The van der Waals surface area contributed by atoms with Gasteiger partial charge in [0.15, 0.2) is 4.34 Å². The van der Waals surface area contributed by atoms with E-state index < -0.39 is 17.7 Å².